The van der Waals surface area contributed by atoms with Gasteiger partial charge in [-0.25, -0.2) is 15.0 Å². The average molecular weight is 568 g/mol. The van der Waals surface area contributed by atoms with Crippen molar-refractivity contribution in [3.63, 3.8) is 0 Å². The van der Waals surface area contributed by atoms with Gasteiger partial charge in [-0.3, -0.25) is 0 Å². The van der Waals surface area contributed by atoms with Crippen molar-refractivity contribution < 1.29 is 8.83 Å². The molecule has 0 saturated heterocycles. The van der Waals surface area contributed by atoms with E-state index in [2.05, 4.69) is 66.8 Å². The van der Waals surface area contributed by atoms with Gasteiger partial charge in [0.2, 0.25) is 0 Å². The Balaban J connectivity index is 1.20. The van der Waals surface area contributed by atoms with E-state index in [4.69, 9.17) is 23.8 Å². The second-order valence-corrected chi connectivity index (χ2v) is 11.2. The van der Waals surface area contributed by atoms with Crippen LogP contribution in [0.2, 0.25) is 0 Å². The van der Waals surface area contributed by atoms with E-state index in [1.54, 1.807) is 0 Å². The second-order valence-electron chi connectivity index (χ2n) is 11.2. The van der Waals surface area contributed by atoms with Gasteiger partial charge in [-0.1, -0.05) is 97.1 Å². The van der Waals surface area contributed by atoms with Crippen LogP contribution in [0.5, 0.6) is 0 Å². The van der Waals surface area contributed by atoms with Crippen LogP contribution in [0.4, 0.5) is 0 Å². The first kappa shape index (κ1) is 24.8. The molecular formula is C39H25N3O2. The lowest BCUT2D eigenvalue weighted by Gasteiger charge is -2.14. The van der Waals surface area contributed by atoms with Crippen molar-refractivity contribution in [2.24, 2.45) is 0 Å². The number of nitrogens with zero attached hydrogens (tertiary/aromatic N) is 3. The van der Waals surface area contributed by atoms with Crippen LogP contribution in [-0.2, 0) is 0 Å². The van der Waals surface area contributed by atoms with Crippen LogP contribution in [0.3, 0.4) is 0 Å². The summed E-state index contributed by atoms with van der Waals surface area (Å²) in [6, 6.07) is 37.1. The molecule has 1 atom stereocenters. The van der Waals surface area contributed by atoms with Gasteiger partial charge in [0.1, 0.15) is 28.2 Å². The molecule has 44 heavy (non-hydrogen) atoms. The van der Waals surface area contributed by atoms with Crippen LogP contribution in [0.25, 0.3) is 77.8 Å². The normalized spacial score (nSPS) is 14.8. The van der Waals surface area contributed by atoms with Crippen LogP contribution < -0.4 is 0 Å². The lowest BCUT2D eigenvalue weighted by molar-refractivity contribution is 0.669. The van der Waals surface area contributed by atoms with Gasteiger partial charge in [0.25, 0.3) is 0 Å². The topological polar surface area (TPSA) is 65.0 Å². The molecule has 0 amide bonds. The third kappa shape index (κ3) is 4.05. The standard InChI is InChI=1S/C39H25N3O2/c1-3-10-24(11-4-1)37-40-38(25-12-5-2-6-13-25)42-39(41-37)30-15-9-17-34-36(30)29-20-18-27(23-35(29)44-34)26-19-21-33-31(22-26)28-14-7-8-16-32(28)43-33/h1-12,14-23,25H,13H2. The summed E-state index contributed by atoms with van der Waals surface area (Å²) in [5, 5.41) is 4.25. The van der Waals surface area contributed by atoms with E-state index >= 15 is 0 Å². The zero-order chi connectivity index (χ0) is 29.0. The molecule has 3 aromatic heterocycles. The quantitative estimate of drug-likeness (QED) is 0.212. The van der Waals surface area contributed by atoms with E-state index in [1.807, 2.05) is 66.7 Å². The molecule has 0 bridgehead atoms. The fourth-order valence-corrected chi connectivity index (χ4v) is 6.26. The molecular weight excluding hydrogens is 542 g/mol. The van der Waals surface area contributed by atoms with E-state index in [-0.39, 0.29) is 5.92 Å². The summed E-state index contributed by atoms with van der Waals surface area (Å²) in [5.41, 5.74) is 7.48. The highest BCUT2D eigenvalue weighted by Gasteiger charge is 2.20. The van der Waals surface area contributed by atoms with E-state index in [9.17, 15) is 0 Å². The first-order valence-electron chi connectivity index (χ1n) is 14.8. The Hall–Kier alpha value is -5.81. The monoisotopic (exact) mass is 567 g/mol. The van der Waals surface area contributed by atoms with Gasteiger partial charge in [-0.05, 0) is 53.9 Å². The highest BCUT2D eigenvalue weighted by Crippen LogP contribution is 2.39. The summed E-state index contributed by atoms with van der Waals surface area (Å²) in [7, 11) is 0. The fraction of sp³-hybridized carbons (Fsp3) is 0.0513. The van der Waals surface area contributed by atoms with Crippen molar-refractivity contribution in [2.75, 3.05) is 0 Å². The first-order chi connectivity index (χ1) is 21.8. The predicted octanol–water partition coefficient (Wildman–Crippen LogP) is 10.3. The molecule has 5 heteroatoms. The van der Waals surface area contributed by atoms with Crippen molar-refractivity contribution in [1.82, 2.24) is 15.0 Å². The SMILES string of the molecule is C1=CCC(c2nc(-c3ccccc3)nc(-c3cccc4oc5cc(-c6ccc7oc8ccccc8c7c6)ccc5c34)n2)C=C1. The minimum absolute atomic E-state index is 0.0942. The molecule has 5 aromatic carbocycles. The summed E-state index contributed by atoms with van der Waals surface area (Å²) in [6.45, 7) is 0. The molecule has 0 spiro atoms. The molecule has 1 aliphatic rings. The van der Waals surface area contributed by atoms with Gasteiger partial charge in [-0.15, -0.1) is 0 Å². The zero-order valence-electron chi connectivity index (χ0n) is 23.6. The number of benzene rings is 5. The molecule has 1 aliphatic carbocycles. The van der Waals surface area contributed by atoms with Crippen LogP contribution in [0, 0.1) is 0 Å². The molecule has 208 valence electrons. The Kier molecular flexibility index (Phi) is 5.56. The summed E-state index contributed by atoms with van der Waals surface area (Å²) in [4.78, 5) is 15.0. The number of furan rings is 2. The highest BCUT2D eigenvalue weighted by molar-refractivity contribution is 6.13. The third-order valence-corrected chi connectivity index (χ3v) is 8.45. The molecule has 3 heterocycles. The van der Waals surface area contributed by atoms with E-state index in [0.29, 0.717) is 11.6 Å². The van der Waals surface area contributed by atoms with Gasteiger partial charge in [0.05, 0.1) is 0 Å². The number of aromatic nitrogens is 3. The summed E-state index contributed by atoms with van der Waals surface area (Å²) < 4.78 is 12.5. The van der Waals surface area contributed by atoms with Crippen molar-refractivity contribution in [1.29, 1.82) is 0 Å². The van der Waals surface area contributed by atoms with Gasteiger partial charge >= 0.3 is 0 Å². The highest BCUT2D eigenvalue weighted by atomic mass is 16.3. The Labute approximate surface area is 252 Å². The Bertz CT molecular complexity index is 2430. The molecule has 0 saturated carbocycles. The molecule has 1 unspecified atom stereocenters. The molecule has 0 N–H and O–H groups in total. The zero-order valence-corrected chi connectivity index (χ0v) is 23.6. The van der Waals surface area contributed by atoms with Crippen molar-refractivity contribution in [3.8, 4) is 33.9 Å². The number of fused-ring (bicyclic) bond motifs is 6. The minimum atomic E-state index is 0.0942. The number of allylic oxidation sites excluding steroid dienone is 4. The lowest BCUT2D eigenvalue weighted by Crippen LogP contribution is -2.07. The van der Waals surface area contributed by atoms with E-state index in [1.165, 1.54) is 0 Å². The van der Waals surface area contributed by atoms with Crippen molar-refractivity contribution >= 4 is 43.9 Å². The van der Waals surface area contributed by atoms with Crippen LogP contribution in [-0.4, -0.2) is 15.0 Å². The summed E-state index contributed by atoms with van der Waals surface area (Å²) in [5.74, 6) is 2.18. The third-order valence-electron chi connectivity index (χ3n) is 8.45. The Morgan fingerprint density at radius 3 is 2.20 bits per heavy atom. The van der Waals surface area contributed by atoms with Crippen LogP contribution >= 0.6 is 0 Å². The van der Waals surface area contributed by atoms with E-state index in [0.717, 1.165) is 78.4 Å². The van der Waals surface area contributed by atoms with E-state index < -0.39 is 0 Å². The largest absolute Gasteiger partial charge is 0.456 e. The number of hydrogen-bond acceptors (Lipinski definition) is 5. The maximum Gasteiger partial charge on any atom is 0.164 e. The molecule has 0 fully saturated rings. The number of hydrogen-bond donors (Lipinski definition) is 0. The van der Waals surface area contributed by atoms with Crippen LogP contribution in [0.1, 0.15) is 18.2 Å². The molecule has 5 nitrogen and oxygen atoms in total. The lowest BCUT2D eigenvalue weighted by atomic mass is 9.99. The maximum absolute atomic E-state index is 6.47. The van der Waals surface area contributed by atoms with Crippen molar-refractivity contribution in [3.05, 3.63) is 139 Å². The minimum Gasteiger partial charge on any atom is -0.456 e. The average Bonchev–Trinajstić information content (AvgIpc) is 3.66. The fourth-order valence-electron chi connectivity index (χ4n) is 6.26. The molecule has 0 radical (unpaired) electrons. The van der Waals surface area contributed by atoms with Gasteiger partial charge in [0.15, 0.2) is 11.6 Å². The molecule has 9 rings (SSSR count). The number of rotatable bonds is 4. The van der Waals surface area contributed by atoms with Crippen molar-refractivity contribution in [2.45, 2.75) is 12.3 Å². The first-order valence-corrected chi connectivity index (χ1v) is 14.8. The smallest absolute Gasteiger partial charge is 0.164 e. The summed E-state index contributed by atoms with van der Waals surface area (Å²) in [6.07, 6.45) is 9.31. The van der Waals surface area contributed by atoms with Gasteiger partial charge in [-0.2, -0.15) is 0 Å². The van der Waals surface area contributed by atoms with Gasteiger partial charge in [0, 0.05) is 38.6 Å². The molecule has 8 aromatic rings. The Morgan fingerprint density at radius 1 is 0.523 bits per heavy atom. The number of para-hydroxylation sites is 1. The van der Waals surface area contributed by atoms with Gasteiger partial charge < -0.3 is 8.83 Å². The second kappa shape index (κ2) is 9.89. The maximum atomic E-state index is 6.47. The molecule has 0 aliphatic heterocycles. The Morgan fingerprint density at radius 2 is 1.30 bits per heavy atom. The summed E-state index contributed by atoms with van der Waals surface area (Å²) >= 11 is 0. The predicted molar refractivity (Wildman–Crippen MR) is 176 cm³/mol. The van der Waals surface area contributed by atoms with Crippen LogP contribution in [0.15, 0.2) is 142 Å².